The third kappa shape index (κ3) is 4.18. The third-order valence-electron chi connectivity index (χ3n) is 3.66. The van der Waals surface area contributed by atoms with Gasteiger partial charge in [0.15, 0.2) is 0 Å². The van der Waals surface area contributed by atoms with Crippen molar-refractivity contribution in [1.82, 2.24) is 15.6 Å². The van der Waals surface area contributed by atoms with Gasteiger partial charge in [-0.1, -0.05) is 6.92 Å². The summed E-state index contributed by atoms with van der Waals surface area (Å²) in [5, 5.41) is 6.98. The zero-order chi connectivity index (χ0) is 14.5. The van der Waals surface area contributed by atoms with E-state index in [2.05, 4.69) is 22.5 Å². The number of amides is 2. The van der Waals surface area contributed by atoms with E-state index in [1.807, 2.05) is 20.0 Å². The largest absolute Gasteiger partial charge is 0.381 e. The Morgan fingerprint density at radius 2 is 2.40 bits per heavy atom. The van der Waals surface area contributed by atoms with Gasteiger partial charge in [-0.2, -0.15) is 0 Å². The molecule has 6 heteroatoms. The van der Waals surface area contributed by atoms with Crippen molar-refractivity contribution < 1.29 is 9.53 Å². The van der Waals surface area contributed by atoms with E-state index in [0.29, 0.717) is 12.5 Å². The van der Waals surface area contributed by atoms with Gasteiger partial charge in [0.1, 0.15) is 0 Å². The van der Waals surface area contributed by atoms with Crippen LogP contribution < -0.4 is 10.6 Å². The Kier molecular flexibility index (Phi) is 5.37. The lowest BCUT2D eigenvalue weighted by Crippen LogP contribution is -2.45. The highest BCUT2D eigenvalue weighted by Gasteiger charge is 2.23. The minimum atomic E-state index is -0.107. The topological polar surface area (TPSA) is 63.2 Å². The number of nitrogens with one attached hydrogen (secondary N) is 2. The second kappa shape index (κ2) is 7.04. The van der Waals surface area contributed by atoms with Crippen molar-refractivity contribution >= 4 is 17.4 Å². The van der Waals surface area contributed by atoms with E-state index in [9.17, 15) is 4.79 Å². The first kappa shape index (κ1) is 15.3. The fourth-order valence-corrected chi connectivity index (χ4v) is 3.08. The van der Waals surface area contributed by atoms with Crippen molar-refractivity contribution in [1.29, 1.82) is 0 Å². The molecule has 20 heavy (non-hydrogen) atoms. The fraction of sp³-hybridized carbons (Fsp3) is 0.714. The summed E-state index contributed by atoms with van der Waals surface area (Å²) in [4.78, 5) is 17.4. The predicted molar refractivity (Wildman–Crippen MR) is 80.2 cm³/mol. The smallest absolute Gasteiger partial charge is 0.315 e. The Bertz CT molecular complexity index is 443. The molecular weight excluding hydrogens is 274 g/mol. The summed E-state index contributed by atoms with van der Waals surface area (Å²) in [6.45, 7) is 8.31. The zero-order valence-corrected chi connectivity index (χ0v) is 13.1. The molecule has 0 aromatic carbocycles. The predicted octanol–water partition coefficient (Wildman–Crippen LogP) is 2.28. The number of aryl methyl sites for hydroxylation is 1. The van der Waals surface area contributed by atoms with Gasteiger partial charge in [-0.3, -0.25) is 0 Å². The molecule has 1 aromatic rings. The van der Waals surface area contributed by atoms with Crippen LogP contribution in [0.4, 0.5) is 4.79 Å². The molecule has 0 radical (unpaired) electrons. The molecule has 5 nitrogen and oxygen atoms in total. The zero-order valence-electron chi connectivity index (χ0n) is 12.3. The summed E-state index contributed by atoms with van der Waals surface area (Å²) < 4.78 is 5.34. The van der Waals surface area contributed by atoms with Gasteiger partial charge in [0.25, 0.3) is 0 Å². The van der Waals surface area contributed by atoms with E-state index >= 15 is 0 Å². The van der Waals surface area contributed by atoms with Gasteiger partial charge < -0.3 is 15.4 Å². The van der Waals surface area contributed by atoms with E-state index in [-0.39, 0.29) is 18.0 Å². The Hall–Kier alpha value is -1.14. The van der Waals surface area contributed by atoms with Gasteiger partial charge in [-0.05, 0) is 20.3 Å². The molecular formula is C14H23N3O2S. The van der Waals surface area contributed by atoms with Crippen LogP contribution in [0, 0.1) is 12.8 Å². The Labute approximate surface area is 124 Å². The van der Waals surface area contributed by atoms with Crippen LogP contribution in [0.25, 0.3) is 0 Å². The van der Waals surface area contributed by atoms with Gasteiger partial charge in [0, 0.05) is 42.1 Å². The van der Waals surface area contributed by atoms with Crippen LogP contribution in [0.1, 0.15) is 36.1 Å². The highest BCUT2D eigenvalue weighted by molar-refractivity contribution is 7.11. The maximum Gasteiger partial charge on any atom is 0.315 e. The summed E-state index contributed by atoms with van der Waals surface area (Å²) in [6, 6.07) is 0.0411. The van der Waals surface area contributed by atoms with Crippen molar-refractivity contribution in [2.75, 3.05) is 19.8 Å². The molecule has 1 aliphatic heterocycles. The number of carbonyl (C=O) groups excluding carboxylic acids is 1. The monoisotopic (exact) mass is 297 g/mol. The third-order valence-corrected chi connectivity index (χ3v) is 4.80. The van der Waals surface area contributed by atoms with E-state index in [4.69, 9.17) is 4.74 Å². The summed E-state index contributed by atoms with van der Waals surface area (Å²) in [7, 11) is 0. The van der Waals surface area contributed by atoms with E-state index in [0.717, 1.165) is 24.6 Å². The molecule has 2 N–H and O–H groups in total. The number of hydrogen-bond acceptors (Lipinski definition) is 4. The average molecular weight is 297 g/mol. The molecule has 0 bridgehead atoms. The molecule has 0 spiro atoms. The number of nitrogens with zero attached hydrogens (tertiary/aromatic N) is 1. The van der Waals surface area contributed by atoms with E-state index in [1.54, 1.807) is 11.3 Å². The van der Waals surface area contributed by atoms with Crippen LogP contribution in [0.2, 0.25) is 0 Å². The minimum absolute atomic E-state index is 0.107. The van der Waals surface area contributed by atoms with Gasteiger partial charge in [0.2, 0.25) is 0 Å². The number of rotatable bonds is 5. The molecule has 0 saturated carbocycles. The molecule has 2 heterocycles. The van der Waals surface area contributed by atoms with Crippen LogP contribution in [0.15, 0.2) is 6.20 Å². The summed E-state index contributed by atoms with van der Waals surface area (Å²) >= 11 is 1.68. The maximum absolute atomic E-state index is 11.9. The molecule has 1 fully saturated rings. The molecule has 0 aliphatic carbocycles. The number of carbonyl (C=O) groups is 1. The summed E-state index contributed by atoms with van der Waals surface area (Å²) in [5.41, 5.74) is 0. The molecule has 2 amide bonds. The minimum Gasteiger partial charge on any atom is -0.381 e. The van der Waals surface area contributed by atoms with Crippen LogP contribution in [-0.4, -0.2) is 36.8 Å². The van der Waals surface area contributed by atoms with Crippen molar-refractivity contribution in [2.24, 2.45) is 5.92 Å². The van der Waals surface area contributed by atoms with Crippen molar-refractivity contribution in [3.05, 3.63) is 16.1 Å². The number of hydrogen-bond donors (Lipinski definition) is 2. The summed E-state index contributed by atoms with van der Waals surface area (Å²) in [6.07, 6.45) is 2.90. The fourth-order valence-electron chi connectivity index (χ4n) is 2.26. The SMILES string of the molecule is Cc1cnc([C@H](C)CNC(=O)N[C@@H](C)[C@@H]2CCOC2)s1. The molecule has 3 atom stereocenters. The highest BCUT2D eigenvalue weighted by Crippen LogP contribution is 2.20. The second-order valence-electron chi connectivity index (χ2n) is 5.48. The average Bonchev–Trinajstić information content (AvgIpc) is 3.06. The highest BCUT2D eigenvalue weighted by atomic mass is 32.1. The molecule has 2 rings (SSSR count). The number of urea groups is 1. The van der Waals surface area contributed by atoms with Crippen LogP contribution in [-0.2, 0) is 4.74 Å². The standard InChI is InChI=1S/C14H23N3O2S/c1-9(13-15-7-10(2)20-13)6-16-14(18)17-11(3)12-4-5-19-8-12/h7,9,11-12H,4-6,8H2,1-3H3,(H2,16,17,18)/t9-,11+,12-/m1/s1. The molecule has 0 unspecified atom stereocenters. The first-order chi connectivity index (χ1) is 9.56. The van der Waals surface area contributed by atoms with Gasteiger partial charge in [0.05, 0.1) is 11.6 Å². The van der Waals surface area contributed by atoms with Gasteiger partial charge in [-0.15, -0.1) is 11.3 Å². The quantitative estimate of drug-likeness (QED) is 0.876. The van der Waals surface area contributed by atoms with Crippen LogP contribution in [0.3, 0.4) is 0 Å². The number of thiazole rings is 1. The van der Waals surface area contributed by atoms with Crippen LogP contribution >= 0.6 is 11.3 Å². The van der Waals surface area contributed by atoms with Crippen molar-refractivity contribution in [3.63, 3.8) is 0 Å². The van der Waals surface area contributed by atoms with Gasteiger partial charge >= 0.3 is 6.03 Å². The Balaban J connectivity index is 1.71. The number of ether oxygens (including phenoxy) is 1. The molecule has 112 valence electrons. The second-order valence-corrected chi connectivity index (χ2v) is 6.74. The lowest BCUT2D eigenvalue weighted by molar-refractivity contribution is 0.178. The molecule has 1 aliphatic rings. The van der Waals surface area contributed by atoms with E-state index < -0.39 is 0 Å². The lowest BCUT2D eigenvalue weighted by Gasteiger charge is -2.20. The van der Waals surface area contributed by atoms with Crippen molar-refractivity contribution in [3.8, 4) is 0 Å². The number of aromatic nitrogens is 1. The van der Waals surface area contributed by atoms with Gasteiger partial charge in [-0.25, -0.2) is 9.78 Å². The maximum atomic E-state index is 11.9. The van der Waals surface area contributed by atoms with Crippen LogP contribution in [0.5, 0.6) is 0 Å². The first-order valence-electron chi connectivity index (χ1n) is 7.10. The normalized spacial score (nSPS) is 21.4. The Morgan fingerprint density at radius 1 is 1.60 bits per heavy atom. The first-order valence-corrected chi connectivity index (χ1v) is 7.92. The molecule has 1 saturated heterocycles. The van der Waals surface area contributed by atoms with Crippen molar-refractivity contribution in [2.45, 2.75) is 39.2 Å². The van der Waals surface area contributed by atoms with E-state index in [1.165, 1.54) is 4.88 Å². The Morgan fingerprint density at radius 3 is 3.00 bits per heavy atom. The summed E-state index contributed by atoms with van der Waals surface area (Å²) in [5.74, 6) is 0.671. The molecule has 1 aromatic heterocycles. The lowest BCUT2D eigenvalue weighted by atomic mass is 10.0.